The first-order valence-corrected chi connectivity index (χ1v) is 9.57. The number of Topliss-reactive ketones (excluding diaryl/α,β-unsaturated/α-hetero) is 1. The number of benzene rings is 1. The number of nitrogens with zero attached hydrogens (tertiary/aromatic N) is 1. The minimum Gasteiger partial charge on any atom is -0.454 e. The van der Waals surface area contributed by atoms with E-state index in [1.54, 1.807) is 27.7 Å². The summed E-state index contributed by atoms with van der Waals surface area (Å²) in [7, 11) is 0. The molecule has 1 saturated heterocycles. The maximum absolute atomic E-state index is 12.8. The number of esters is 1. The van der Waals surface area contributed by atoms with Crippen molar-refractivity contribution in [1.29, 1.82) is 0 Å². The lowest BCUT2D eigenvalue weighted by molar-refractivity contribution is -0.146. The number of para-hydroxylation sites is 1. The quantitative estimate of drug-likeness (QED) is 0.423. The molecule has 1 aromatic carbocycles. The number of carbonyl (C=O) groups excluding carboxylic acids is 4. The van der Waals surface area contributed by atoms with Crippen LogP contribution < -0.4 is 5.32 Å². The van der Waals surface area contributed by atoms with Crippen LogP contribution in [0, 0.1) is 6.92 Å². The van der Waals surface area contributed by atoms with Crippen LogP contribution in [-0.4, -0.2) is 51.8 Å². The molecule has 0 aliphatic carbocycles. The van der Waals surface area contributed by atoms with Gasteiger partial charge in [0.05, 0.1) is 0 Å². The maximum atomic E-state index is 12.8. The van der Waals surface area contributed by atoms with Gasteiger partial charge in [0, 0.05) is 35.1 Å². The molecule has 1 fully saturated rings. The smallest absolute Gasteiger partial charge is 0.325 e. The van der Waals surface area contributed by atoms with Gasteiger partial charge in [-0.05, 0) is 40.2 Å². The average Bonchev–Trinajstić information content (AvgIpc) is 3.08. The second kappa shape index (κ2) is 7.69. The summed E-state index contributed by atoms with van der Waals surface area (Å²) >= 11 is 0. The van der Waals surface area contributed by atoms with Crippen molar-refractivity contribution in [2.24, 2.45) is 0 Å². The largest absolute Gasteiger partial charge is 0.454 e. The Labute approximate surface area is 168 Å². The summed E-state index contributed by atoms with van der Waals surface area (Å²) in [6.45, 7) is 6.72. The Morgan fingerprint density at radius 1 is 1.21 bits per heavy atom. The van der Waals surface area contributed by atoms with Crippen LogP contribution in [0.4, 0.5) is 4.79 Å². The lowest BCUT2D eigenvalue weighted by Gasteiger charge is -2.16. The maximum Gasteiger partial charge on any atom is 0.325 e. The number of urea groups is 1. The molecule has 8 nitrogen and oxygen atoms in total. The molecule has 0 saturated carbocycles. The fraction of sp³-hybridized carbons (Fsp3) is 0.429. The van der Waals surface area contributed by atoms with Crippen molar-refractivity contribution in [2.45, 2.75) is 52.2 Å². The molecule has 3 amide bonds. The molecule has 0 spiro atoms. The molecule has 1 aliphatic rings. The predicted octanol–water partition coefficient (Wildman–Crippen LogP) is 2.70. The van der Waals surface area contributed by atoms with Crippen LogP contribution in [-0.2, 0) is 14.3 Å². The number of aryl methyl sites for hydroxylation is 1. The Hall–Kier alpha value is -3.16. The number of hydrogen-bond acceptors (Lipinski definition) is 5. The number of aromatic nitrogens is 1. The molecule has 1 aliphatic heterocycles. The number of hydrogen-bond donors (Lipinski definition) is 2. The Kier molecular flexibility index (Phi) is 5.46. The second-order valence-electron chi connectivity index (χ2n) is 7.78. The zero-order chi connectivity index (χ0) is 21.3. The molecule has 0 bridgehead atoms. The van der Waals surface area contributed by atoms with Gasteiger partial charge in [-0.25, -0.2) is 4.79 Å². The highest BCUT2D eigenvalue weighted by atomic mass is 16.5. The van der Waals surface area contributed by atoms with Gasteiger partial charge in [0.2, 0.25) is 5.78 Å². The van der Waals surface area contributed by atoms with Gasteiger partial charge in [-0.3, -0.25) is 19.3 Å². The summed E-state index contributed by atoms with van der Waals surface area (Å²) in [6, 6.07) is 6.99. The van der Waals surface area contributed by atoms with Gasteiger partial charge in [-0.2, -0.15) is 0 Å². The fourth-order valence-corrected chi connectivity index (χ4v) is 3.51. The SMILES string of the molecule is Cc1[nH]c2ccccc2c1C(=O)[C@H](C)OC(=O)CCCN1C(=O)NC(C)(C)C1=O. The molecule has 2 aromatic rings. The highest BCUT2D eigenvalue weighted by Crippen LogP contribution is 2.24. The van der Waals surface area contributed by atoms with Gasteiger partial charge < -0.3 is 15.0 Å². The standard InChI is InChI=1S/C21H25N3O5/c1-12-17(14-8-5-6-9-15(14)22-12)18(26)13(2)29-16(25)10-7-11-24-19(27)21(3,4)23-20(24)28/h5-6,8-9,13,22H,7,10-11H2,1-4H3,(H,23,28)/t13-/m0/s1. The van der Waals surface area contributed by atoms with E-state index in [4.69, 9.17) is 4.74 Å². The lowest BCUT2D eigenvalue weighted by Crippen LogP contribution is -2.40. The molecular weight excluding hydrogens is 374 g/mol. The van der Waals surface area contributed by atoms with Crippen molar-refractivity contribution in [3.05, 3.63) is 35.5 Å². The minimum atomic E-state index is -0.935. The van der Waals surface area contributed by atoms with Crippen molar-refractivity contribution >= 4 is 34.6 Å². The van der Waals surface area contributed by atoms with Gasteiger partial charge in [0.1, 0.15) is 5.54 Å². The van der Waals surface area contributed by atoms with Crippen molar-refractivity contribution in [3.8, 4) is 0 Å². The van der Waals surface area contributed by atoms with Gasteiger partial charge in [0.25, 0.3) is 5.91 Å². The second-order valence-corrected chi connectivity index (χ2v) is 7.78. The lowest BCUT2D eigenvalue weighted by atomic mass is 10.0. The number of carbonyl (C=O) groups is 4. The topological polar surface area (TPSA) is 109 Å². The van der Waals surface area contributed by atoms with E-state index in [2.05, 4.69) is 10.3 Å². The van der Waals surface area contributed by atoms with E-state index >= 15 is 0 Å². The molecule has 154 valence electrons. The molecule has 2 N–H and O–H groups in total. The van der Waals surface area contributed by atoms with Crippen molar-refractivity contribution in [1.82, 2.24) is 15.2 Å². The van der Waals surface area contributed by atoms with Crippen LogP contribution in [0.15, 0.2) is 24.3 Å². The predicted molar refractivity (Wildman–Crippen MR) is 106 cm³/mol. The molecule has 3 rings (SSSR count). The summed E-state index contributed by atoms with van der Waals surface area (Å²) < 4.78 is 5.29. The summed E-state index contributed by atoms with van der Waals surface area (Å²) in [4.78, 5) is 53.2. The minimum absolute atomic E-state index is 0.00196. The first-order chi connectivity index (χ1) is 13.6. The number of rotatable bonds is 7. The Morgan fingerprint density at radius 2 is 1.90 bits per heavy atom. The zero-order valence-corrected chi connectivity index (χ0v) is 17.0. The third-order valence-electron chi connectivity index (χ3n) is 5.02. The molecule has 0 radical (unpaired) electrons. The third-order valence-corrected chi connectivity index (χ3v) is 5.02. The van der Waals surface area contributed by atoms with Crippen molar-refractivity contribution in [3.63, 3.8) is 0 Å². The van der Waals surface area contributed by atoms with Crippen LogP contribution in [0.1, 0.15) is 49.7 Å². The van der Waals surface area contributed by atoms with E-state index in [1.807, 2.05) is 24.3 Å². The number of fused-ring (bicyclic) bond motifs is 1. The number of nitrogens with one attached hydrogen (secondary N) is 2. The number of amides is 3. The Balaban J connectivity index is 1.55. The number of imide groups is 1. The first kappa shape index (κ1) is 20.6. The van der Waals surface area contributed by atoms with Crippen LogP contribution in [0.5, 0.6) is 0 Å². The molecule has 0 unspecified atom stereocenters. The summed E-state index contributed by atoms with van der Waals surface area (Å²) in [5.41, 5.74) is 1.15. The van der Waals surface area contributed by atoms with E-state index in [0.29, 0.717) is 5.56 Å². The van der Waals surface area contributed by atoms with Crippen LogP contribution >= 0.6 is 0 Å². The fourth-order valence-electron chi connectivity index (χ4n) is 3.51. The molecule has 2 heterocycles. The first-order valence-electron chi connectivity index (χ1n) is 9.57. The van der Waals surface area contributed by atoms with Gasteiger partial charge in [0.15, 0.2) is 6.10 Å². The van der Waals surface area contributed by atoms with E-state index in [1.165, 1.54) is 0 Å². The van der Waals surface area contributed by atoms with E-state index in [0.717, 1.165) is 21.5 Å². The monoisotopic (exact) mass is 399 g/mol. The molecule has 29 heavy (non-hydrogen) atoms. The Bertz CT molecular complexity index is 991. The third kappa shape index (κ3) is 4.01. The van der Waals surface area contributed by atoms with Gasteiger partial charge in [-0.1, -0.05) is 18.2 Å². The number of aromatic amines is 1. The summed E-state index contributed by atoms with van der Waals surface area (Å²) in [6.07, 6.45) is -0.667. The number of ether oxygens (including phenoxy) is 1. The normalized spacial score (nSPS) is 16.8. The van der Waals surface area contributed by atoms with Crippen LogP contribution in [0.2, 0.25) is 0 Å². The van der Waals surface area contributed by atoms with Crippen LogP contribution in [0.25, 0.3) is 10.9 Å². The average molecular weight is 399 g/mol. The van der Waals surface area contributed by atoms with E-state index in [9.17, 15) is 19.2 Å². The van der Waals surface area contributed by atoms with E-state index in [-0.39, 0.29) is 31.1 Å². The number of H-pyrrole nitrogens is 1. The van der Waals surface area contributed by atoms with E-state index < -0.39 is 23.6 Å². The molecule has 1 aromatic heterocycles. The highest BCUT2D eigenvalue weighted by Gasteiger charge is 2.43. The van der Waals surface area contributed by atoms with Gasteiger partial charge in [-0.15, -0.1) is 0 Å². The number of ketones is 1. The highest BCUT2D eigenvalue weighted by molar-refractivity contribution is 6.11. The van der Waals surface area contributed by atoms with Crippen molar-refractivity contribution < 1.29 is 23.9 Å². The summed E-state index contributed by atoms with van der Waals surface area (Å²) in [5, 5.41) is 3.38. The summed E-state index contributed by atoms with van der Waals surface area (Å²) in [5.74, 6) is -1.15. The van der Waals surface area contributed by atoms with Gasteiger partial charge >= 0.3 is 12.0 Å². The molecule has 1 atom stereocenters. The molecular formula is C21H25N3O5. The van der Waals surface area contributed by atoms with Crippen molar-refractivity contribution in [2.75, 3.05) is 6.54 Å². The molecule has 8 heteroatoms. The zero-order valence-electron chi connectivity index (χ0n) is 17.0. The Morgan fingerprint density at radius 3 is 2.55 bits per heavy atom. The van der Waals surface area contributed by atoms with Crippen LogP contribution in [0.3, 0.4) is 0 Å².